The van der Waals surface area contributed by atoms with Crippen molar-refractivity contribution in [2.45, 2.75) is 0 Å². The average Bonchev–Trinajstić information content (AvgIpc) is 3.06. The highest BCUT2D eigenvalue weighted by atomic mass is 35.5. The Kier molecular flexibility index (Phi) is 3.63. The van der Waals surface area contributed by atoms with E-state index in [1.807, 2.05) is 54.6 Å². The van der Waals surface area contributed by atoms with E-state index < -0.39 is 0 Å². The second kappa shape index (κ2) is 5.94. The summed E-state index contributed by atoms with van der Waals surface area (Å²) in [5, 5.41) is 5.28. The molecule has 2 heterocycles. The Morgan fingerprint density at radius 1 is 0.917 bits per heavy atom. The predicted molar refractivity (Wildman–Crippen MR) is 93.2 cm³/mol. The lowest BCUT2D eigenvalue weighted by Crippen LogP contribution is -1.96. The first-order valence-electron chi connectivity index (χ1n) is 7.37. The molecule has 0 N–H and O–H groups in total. The third-order valence-electron chi connectivity index (χ3n) is 3.73. The number of fused-ring (bicyclic) bond motifs is 1. The summed E-state index contributed by atoms with van der Waals surface area (Å²) in [4.78, 5) is 8.81. The lowest BCUT2D eigenvalue weighted by molar-refractivity contribution is 0.415. The van der Waals surface area contributed by atoms with Gasteiger partial charge in [0, 0.05) is 22.3 Å². The molecule has 0 saturated carbocycles. The summed E-state index contributed by atoms with van der Waals surface area (Å²) in [5.74, 6) is 1.97. The van der Waals surface area contributed by atoms with Crippen molar-refractivity contribution in [1.82, 2.24) is 19.6 Å². The second-order valence-corrected chi connectivity index (χ2v) is 5.65. The van der Waals surface area contributed by atoms with Crippen LogP contribution in [0.1, 0.15) is 0 Å². The van der Waals surface area contributed by atoms with E-state index in [-0.39, 0.29) is 0 Å². The normalized spacial score (nSPS) is 10.9. The molecule has 0 aliphatic carbocycles. The van der Waals surface area contributed by atoms with Gasteiger partial charge in [0.25, 0.3) is 5.78 Å². The number of methoxy groups -OCH3 is 1. The maximum absolute atomic E-state index is 5.94. The Morgan fingerprint density at radius 3 is 2.33 bits per heavy atom. The molecule has 6 heteroatoms. The van der Waals surface area contributed by atoms with E-state index in [9.17, 15) is 0 Å². The van der Waals surface area contributed by atoms with Crippen LogP contribution in [0.2, 0.25) is 5.02 Å². The van der Waals surface area contributed by atoms with E-state index >= 15 is 0 Å². The summed E-state index contributed by atoms with van der Waals surface area (Å²) in [7, 11) is 1.65. The Labute approximate surface area is 143 Å². The molecule has 0 amide bonds. The van der Waals surface area contributed by atoms with Crippen molar-refractivity contribution in [3.05, 3.63) is 65.8 Å². The van der Waals surface area contributed by atoms with Crippen molar-refractivity contribution in [3.8, 4) is 28.4 Å². The standard InChI is InChI=1S/C18H13ClN4O/c1-24-15-8-4-12(5-9-15)16-10-11-20-18-21-17(22-23(16)18)13-2-6-14(19)7-3-13/h2-11H,1H3. The number of aromatic nitrogens is 4. The SMILES string of the molecule is COc1ccc(-c2ccnc3nc(-c4ccc(Cl)cc4)nn23)cc1. The maximum atomic E-state index is 5.94. The molecule has 0 saturated heterocycles. The lowest BCUT2D eigenvalue weighted by atomic mass is 10.1. The minimum atomic E-state index is 0.549. The van der Waals surface area contributed by atoms with Crippen LogP contribution in [0.15, 0.2) is 60.8 Å². The topological polar surface area (TPSA) is 52.3 Å². The molecule has 0 spiro atoms. The number of ether oxygens (including phenoxy) is 1. The summed E-state index contributed by atoms with van der Waals surface area (Å²) >= 11 is 5.94. The van der Waals surface area contributed by atoms with Crippen LogP contribution >= 0.6 is 11.6 Å². The van der Waals surface area contributed by atoms with Gasteiger partial charge in [-0.15, -0.1) is 5.10 Å². The van der Waals surface area contributed by atoms with Crippen LogP contribution in [0.4, 0.5) is 0 Å². The quantitative estimate of drug-likeness (QED) is 0.564. The molecule has 24 heavy (non-hydrogen) atoms. The summed E-state index contributed by atoms with van der Waals surface area (Å²) < 4.78 is 6.95. The summed E-state index contributed by atoms with van der Waals surface area (Å²) in [6, 6.07) is 17.1. The summed E-state index contributed by atoms with van der Waals surface area (Å²) in [5.41, 5.74) is 2.82. The molecule has 0 bridgehead atoms. The number of nitrogens with zero attached hydrogens (tertiary/aromatic N) is 4. The molecule has 0 atom stereocenters. The fourth-order valence-corrected chi connectivity index (χ4v) is 2.62. The number of hydrogen-bond acceptors (Lipinski definition) is 4. The maximum Gasteiger partial charge on any atom is 0.253 e. The minimum absolute atomic E-state index is 0.549. The molecule has 0 unspecified atom stereocenters. The van der Waals surface area contributed by atoms with Crippen LogP contribution in [-0.2, 0) is 0 Å². The Morgan fingerprint density at radius 2 is 1.62 bits per heavy atom. The van der Waals surface area contributed by atoms with Gasteiger partial charge in [-0.2, -0.15) is 9.50 Å². The van der Waals surface area contributed by atoms with Crippen molar-refractivity contribution in [2.24, 2.45) is 0 Å². The summed E-state index contributed by atoms with van der Waals surface area (Å²) in [6.07, 6.45) is 1.73. The monoisotopic (exact) mass is 336 g/mol. The zero-order chi connectivity index (χ0) is 16.5. The molecule has 0 aliphatic rings. The molecule has 118 valence electrons. The molecule has 0 aliphatic heterocycles. The van der Waals surface area contributed by atoms with Gasteiger partial charge in [0.1, 0.15) is 5.75 Å². The third-order valence-corrected chi connectivity index (χ3v) is 3.98. The molecule has 2 aromatic carbocycles. The van der Waals surface area contributed by atoms with Crippen LogP contribution < -0.4 is 4.74 Å². The van der Waals surface area contributed by atoms with Crippen molar-refractivity contribution in [1.29, 1.82) is 0 Å². The Bertz CT molecular complexity index is 994. The van der Waals surface area contributed by atoms with Gasteiger partial charge in [0.15, 0.2) is 5.82 Å². The molecule has 4 rings (SSSR count). The highest BCUT2D eigenvalue weighted by Gasteiger charge is 2.11. The first-order chi connectivity index (χ1) is 11.7. The Balaban J connectivity index is 1.83. The van der Waals surface area contributed by atoms with Gasteiger partial charge >= 0.3 is 0 Å². The second-order valence-electron chi connectivity index (χ2n) is 5.21. The molecule has 2 aromatic heterocycles. The smallest absolute Gasteiger partial charge is 0.253 e. The van der Waals surface area contributed by atoms with Crippen LogP contribution in [0.3, 0.4) is 0 Å². The van der Waals surface area contributed by atoms with E-state index in [1.54, 1.807) is 17.8 Å². The first-order valence-corrected chi connectivity index (χ1v) is 7.74. The lowest BCUT2D eigenvalue weighted by Gasteiger charge is -2.05. The molecule has 4 aromatic rings. The van der Waals surface area contributed by atoms with Crippen LogP contribution in [0.5, 0.6) is 5.75 Å². The third kappa shape index (κ3) is 2.59. The van der Waals surface area contributed by atoms with E-state index in [4.69, 9.17) is 16.3 Å². The van der Waals surface area contributed by atoms with Gasteiger partial charge < -0.3 is 4.74 Å². The fraction of sp³-hybridized carbons (Fsp3) is 0.0556. The van der Waals surface area contributed by atoms with Crippen molar-refractivity contribution < 1.29 is 4.74 Å². The highest BCUT2D eigenvalue weighted by molar-refractivity contribution is 6.30. The summed E-state index contributed by atoms with van der Waals surface area (Å²) in [6.45, 7) is 0. The van der Waals surface area contributed by atoms with Gasteiger partial charge in [-0.3, -0.25) is 0 Å². The molecule has 0 radical (unpaired) electrons. The zero-order valence-corrected chi connectivity index (χ0v) is 13.6. The van der Waals surface area contributed by atoms with Gasteiger partial charge in [0.2, 0.25) is 0 Å². The number of hydrogen-bond donors (Lipinski definition) is 0. The average molecular weight is 337 g/mol. The van der Waals surface area contributed by atoms with Crippen LogP contribution in [-0.4, -0.2) is 26.7 Å². The number of rotatable bonds is 3. The fourth-order valence-electron chi connectivity index (χ4n) is 2.50. The molecular weight excluding hydrogens is 324 g/mol. The van der Waals surface area contributed by atoms with Gasteiger partial charge in [0.05, 0.1) is 12.8 Å². The Hall–Kier alpha value is -2.92. The molecular formula is C18H13ClN4O. The van der Waals surface area contributed by atoms with E-state index in [0.717, 1.165) is 22.6 Å². The highest BCUT2D eigenvalue weighted by Crippen LogP contribution is 2.24. The van der Waals surface area contributed by atoms with Crippen molar-refractivity contribution in [3.63, 3.8) is 0 Å². The van der Waals surface area contributed by atoms with Gasteiger partial charge in [-0.25, -0.2) is 4.98 Å². The van der Waals surface area contributed by atoms with Crippen LogP contribution in [0.25, 0.3) is 28.4 Å². The van der Waals surface area contributed by atoms with E-state index in [2.05, 4.69) is 15.1 Å². The zero-order valence-electron chi connectivity index (χ0n) is 12.8. The van der Waals surface area contributed by atoms with E-state index in [0.29, 0.717) is 16.6 Å². The predicted octanol–water partition coefficient (Wildman–Crippen LogP) is 4.12. The minimum Gasteiger partial charge on any atom is -0.497 e. The van der Waals surface area contributed by atoms with Crippen LogP contribution in [0, 0.1) is 0 Å². The molecule has 0 fully saturated rings. The van der Waals surface area contributed by atoms with E-state index in [1.165, 1.54) is 0 Å². The van der Waals surface area contributed by atoms with Crippen molar-refractivity contribution in [2.75, 3.05) is 7.11 Å². The number of halogens is 1. The van der Waals surface area contributed by atoms with Gasteiger partial charge in [-0.1, -0.05) is 11.6 Å². The van der Waals surface area contributed by atoms with Gasteiger partial charge in [-0.05, 0) is 54.6 Å². The molecule has 5 nitrogen and oxygen atoms in total. The number of benzene rings is 2. The van der Waals surface area contributed by atoms with Crippen molar-refractivity contribution >= 4 is 17.4 Å². The largest absolute Gasteiger partial charge is 0.497 e. The first kappa shape index (κ1) is 14.7.